The average molecular weight is 381 g/mol. The Morgan fingerprint density at radius 2 is 0.964 bits per heavy atom. The molecule has 1 unspecified atom stereocenters. The second-order valence-corrected chi connectivity index (χ2v) is 10.6. The van der Waals surface area contributed by atoms with Crippen molar-refractivity contribution in [3.05, 3.63) is 126 Å². The van der Waals surface area contributed by atoms with E-state index in [2.05, 4.69) is 115 Å². The van der Waals surface area contributed by atoms with E-state index in [1.165, 1.54) is 27.0 Å². The van der Waals surface area contributed by atoms with Gasteiger partial charge in [-0.25, -0.2) is 0 Å². The molecule has 28 heavy (non-hydrogen) atoms. The Bertz CT molecular complexity index is 964. The molecule has 1 nitrogen and oxygen atoms in total. The van der Waals surface area contributed by atoms with Gasteiger partial charge in [0, 0.05) is 5.56 Å². The lowest BCUT2D eigenvalue weighted by Gasteiger charge is -2.32. The molecule has 0 fully saturated rings. The Hall–Kier alpha value is -2.73. The zero-order valence-corrected chi connectivity index (χ0v) is 16.5. The van der Waals surface area contributed by atoms with Crippen LogP contribution in [0.3, 0.4) is 0 Å². The first kappa shape index (κ1) is 17.4. The van der Waals surface area contributed by atoms with Gasteiger partial charge in [0.2, 0.25) is 5.85 Å². The Labute approximate surface area is 167 Å². The van der Waals surface area contributed by atoms with E-state index in [1.807, 2.05) is 0 Å². The molecule has 0 radical (unpaired) electrons. The molecule has 1 aliphatic rings. The first-order valence-corrected chi connectivity index (χ1v) is 11.5. The maximum atomic E-state index is 6.60. The van der Waals surface area contributed by atoms with Crippen LogP contribution in [0, 0.1) is 0 Å². The molecule has 0 aromatic heterocycles. The lowest BCUT2D eigenvalue weighted by molar-refractivity contribution is 0.123. The van der Waals surface area contributed by atoms with Crippen LogP contribution < -0.4 is 15.9 Å². The van der Waals surface area contributed by atoms with Gasteiger partial charge in [-0.05, 0) is 42.0 Å². The standard InChI is InChI=1S/C26H22OP/c1-4-13-22(14-5-1)28(23-15-6-2-7-16-23,24-17-8-3-9-18-24)26-25-19-11-10-12-21(25)20-27-26/h1-19,26H,20H2/q+1. The molecule has 136 valence electrons. The first-order chi connectivity index (χ1) is 13.9. The zero-order valence-electron chi connectivity index (χ0n) is 15.6. The van der Waals surface area contributed by atoms with E-state index in [0.717, 1.165) is 0 Å². The third kappa shape index (κ3) is 2.71. The second-order valence-electron chi connectivity index (χ2n) is 7.09. The largest absolute Gasteiger partial charge is 0.334 e. The minimum absolute atomic E-state index is 0.0240. The molecule has 1 heterocycles. The van der Waals surface area contributed by atoms with Crippen molar-refractivity contribution in [1.29, 1.82) is 0 Å². The van der Waals surface area contributed by atoms with Crippen molar-refractivity contribution in [3.63, 3.8) is 0 Å². The molecule has 1 atom stereocenters. The average Bonchev–Trinajstić information content (AvgIpc) is 3.21. The zero-order chi connectivity index (χ0) is 18.8. The summed E-state index contributed by atoms with van der Waals surface area (Å²) in [4.78, 5) is 0. The van der Waals surface area contributed by atoms with Gasteiger partial charge in [0.1, 0.15) is 23.2 Å². The van der Waals surface area contributed by atoms with Crippen LogP contribution >= 0.6 is 7.26 Å². The summed E-state index contributed by atoms with van der Waals surface area (Å²) in [7, 11) is -2.06. The number of hydrogen-bond donors (Lipinski definition) is 0. The summed E-state index contributed by atoms with van der Waals surface area (Å²) in [5.41, 5.74) is 2.63. The van der Waals surface area contributed by atoms with Gasteiger partial charge < -0.3 is 4.74 Å². The second kappa shape index (κ2) is 7.36. The lowest BCUT2D eigenvalue weighted by atomic mass is 10.1. The number of fused-ring (bicyclic) bond motifs is 1. The molecule has 4 aromatic carbocycles. The Morgan fingerprint density at radius 1 is 0.536 bits per heavy atom. The number of rotatable bonds is 4. The van der Waals surface area contributed by atoms with Gasteiger partial charge in [-0.2, -0.15) is 0 Å². The van der Waals surface area contributed by atoms with Crippen LogP contribution in [0.1, 0.15) is 17.0 Å². The molecule has 0 N–H and O–H groups in total. The molecular formula is C26H22OP+. The quantitative estimate of drug-likeness (QED) is 0.441. The number of benzene rings is 4. The SMILES string of the molecule is c1ccc([P+](c2ccccc2)(c2ccccc2)C2OCc3ccccc32)cc1. The molecule has 5 rings (SSSR count). The van der Waals surface area contributed by atoms with Crippen molar-refractivity contribution in [2.24, 2.45) is 0 Å². The van der Waals surface area contributed by atoms with Crippen LogP contribution in [0.15, 0.2) is 115 Å². The van der Waals surface area contributed by atoms with Crippen molar-refractivity contribution in [2.45, 2.75) is 12.5 Å². The highest BCUT2D eigenvalue weighted by Crippen LogP contribution is 2.69. The molecule has 1 aliphatic heterocycles. The third-order valence-electron chi connectivity index (χ3n) is 5.56. The van der Waals surface area contributed by atoms with E-state index in [9.17, 15) is 0 Å². The predicted molar refractivity (Wildman–Crippen MR) is 119 cm³/mol. The first-order valence-electron chi connectivity index (χ1n) is 9.66. The van der Waals surface area contributed by atoms with Crippen LogP contribution in [0.25, 0.3) is 0 Å². The van der Waals surface area contributed by atoms with Gasteiger partial charge in [0.15, 0.2) is 0 Å². The highest BCUT2D eigenvalue weighted by atomic mass is 31.2. The van der Waals surface area contributed by atoms with Gasteiger partial charge in [-0.15, -0.1) is 0 Å². The fourth-order valence-electron chi connectivity index (χ4n) is 4.33. The van der Waals surface area contributed by atoms with Crippen LogP contribution in [0.2, 0.25) is 0 Å². The summed E-state index contributed by atoms with van der Waals surface area (Å²) < 4.78 is 6.60. The van der Waals surface area contributed by atoms with Crippen LogP contribution in [-0.2, 0) is 11.3 Å². The Kier molecular flexibility index (Phi) is 4.56. The Morgan fingerprint density at radius 3 is 1.46 bits per heavy atom. The predicted octanol–water partition coefficient (Wildman–Crippen LogP) is 5.21. The highest BCUT2D eigenvalue weighted by Gasteiger charge is 2.56. The van der Waals surface area contributed by atoms with E-state index in [1.54, 1.807) is 0 Å². The van der Waals surface area contributed by atoms with Crippen molar-refractivity contribution in [1.82, 2.24) is 0 Å². The van der Waals surface area contributed by atoms with Gasteiger partial charge in [-0.3, -0.25) is 0 Å². The maximum absolute atomic E-state index is 6.60. The molecule has 0 spiro atoms. The minimum atomic E-state index is -2.06. The van der Waals surface area contributed by atoms with Crippen molar-refractivity contribution in [3.8, 4) is 0 Å². The summed E-state index contributed by atoms with van der Waals surface area (Å²) in [6.45, 7) is 0.676. The number of hydrogen-bond acceptors (Lipinski definition) is 1. The summed E-state index contributed by atoms with van der Waals surface area (Å²) in [6, 6.07) is 41.5. The molecule has 0 bridgehead atoms. The summed E-state index contributed by atoms with van der Waals surface area (Å²) in [5.74, 6) is 0.0240. The van der Waals surface area contributed by atoms with E-state index in [0.29, 0.717) is 6.61 Å². The molecule has 0 saturated carbocycles. The van der Waals surface area contributed by atoms with E-state index >= 15 is 0 Å². The molecule has 0 amide bonds. The van der Waals surface area contributed by atoms with Crippen molar-refractivity contribution in [2.75, 3.05) is 0 Å². The van der Waals surface area contributed by atoms with E-state index in [-0.39, 0.29) is 5.85 Å². The van der Waals surface area contributed by atoms with E-state index in [4.69, 9.17) is 4.74 Å². The molecule has 4 aromatic rings. The van der Waals surface area contributed by atoms with E-state index < -0.39 is 7.26 Å². The van der Waals surface area contributed by atoms with Crippen LogP contribution in [-0.4, -0.2) is 0 Å². The van der Waals surface area contributed by atoms with Gasteiger partial charge >= 0.3 is 0 Å². The lowest BCUT2D eigenvalue weighted by Crippen LogP contribution is -2.35. The smallest absolute Gasteiger partial charge is 0.207 e. The van der Waals surface area contributed by atoms with Gasteiger partial charge in [0.25, 0.3) is 0 Å². The maximum Gasteiger partial charge on any atom is 0.207 e. The minimum Gasteiger partial charge on any atom is -0.334 e. The third-order valence-corrected chi connectivity index (χ3v) is 10.0. The van der Waals surface area contributed by atoms with Gasteiger partial charge in [0.05, 0.1) is 6.61 Å². The summed E-state index contributed by atoms with van der Waals surface area (Å²) >= 11 is 0. The van der Waals surface area contributed by atoms with Crippen LogP contribution in [0.4, 0.5) is 0 Å². The van der Waals surface area contributed by atoms with Crippen molar-refractivity contribution < 1.29 is 4.74 Å². The molecule has 0 aliphatic carbocycles. The molecule has 0 saturated heterocycles. The summed E-state index contributed by atoms with van der Waals surface area (Å²) in [6.07, 6.45) is 0. The van der Waals surface area contributed by atoms with Crippen molar-refractivity contribution >= 4 is 23.2 Å². The summed E-state index contributed by atoms with van der Waals surface area (Å²) in [5, 5.41) is 4.07. The normalized spacial score (nSPS) is 15.9. The Balaban J connectivity index is 1.87. The molecule has 2 heteroatoms. The van der Waals surface area contributed by atoms with Crippen LogP contribution in [0.5, 0.6) is 0 Å². The highest BCUT2D eigenvalue weighted by molar-refractivity contribution is 7.95. The molecular weight excluding hydrogens is 359 g/mol. The number of ether oxygens (including phenoxy) is 1. The fourth-order valence-corrected chi connectivity index (χ4v) is 8.93. The topological polar surface area (TPSA) is 9.23 Å². The fraction of sp³-hybridized carbons (Fsp3) is 0.0769. The van der Waals surface area contributed by atoms with Gasteiger partial charge in [-0.1, -0.05) is 78.9 Å². The monoisotopic (exact) mass is 381 g/mol.